The van der Waals surface area contributed by atoms with Crippen LogP contribution in [-0.2, 0) is 9.59 Å². The number of aliphatic hydroxyl groups excluding tert-OH is 1. The van der Waals surface area contributed by atoms with E-state index < -0.39 is 17.7 Å². The molecule has 0 aliphatic carbocycles. The molecule has 40 heavy (non-hydrogen) atoms. The summed E-state index contributed by atoms with van der Waals surface area (Å²) in [6.07, 6.45) is 0. The Morgan fingerprint density at radius 3 is 2.17 bits per heavy atom. The molecule has 1 heterocycles. The van der Waals surface area contributed by atoms with Crippen LogP contribution in [0, 0.1) is 18.8 Å². The summed E-state index contributed by atoms with van der Waals surface area (Å²) in [5.41, 5.74) is 2.40. The number of hydrogen-bond donors (Lipinski definition) is 1. The van der Waals surface area contributed by atoms with Crippen LogP contribution in [0.25, 0.3) is 5.76 Å². The molecule has 7 heteroatoms. The average molecular weight is 544 g/mol. The first kappa shape index (κ1) is 28.7. The van der Waals surface area contributed by atoms with Crippen LogP contribution in [0.15, 0.2) is 72.3 Å². The van der Waals surface area contributed by atoms with E-state index in [1.54, 1.807) is 67.8 Å². The van der Waals surface area contributed by atoms with Gasteiger partial charge in [0.2, 0.25) is 0 Å². The fourth-order valence-corrected chi connectivity index (χ4v) is 4.56. The monoisotopic (exact) mass is 543 g/mol. The maximum Gasteiger partial charge on any atom is 0.300 e. The zero-order valence-corrected chi connectivity index (χ0v) is 23.9. The number of methoxy groups -OCH3 is 1. The van der Waals surface area contributed by atoms with Crippen molar-refractivity contribution in [2.24, 2.45) is 11.8 Å². The van der Waals surface area contributed by atoms with Crippen LogP contribution in [0.2, 0.25) is 0 Å². The first-order valence-electron chi connectivity index (χ1n) is 13.5. The minimum absolute atomic E-state index is 0.00800. The molecule has 1 amide bonds. The number of carbonyl (C=O) groups excluding carboxylic acids is 2. The second-order valence-corrected chi connectivity index (χ2v) is 10.8. The van der Waals surface area contributed by atoms with E-state index in [1.165, 1.54) is 4.90 Å². The van der Waals surface area contributed by atoms with Gasteiger partial charge >= 0.3 is 0 Å². The molecule has 0 saturated carbocycles. The molecule has 0 spiro atoms. The van der Waals surface area contributed by atoms with Gasteiger partial charge in [0.05, 0.1) is 31.9 Å². The highest BCUT2D eigenvalue weighted by Gasteiger charge is 2.47. The fourth-order valence-electron chi connectivity index (χ4n) is 4.56. The van der Waals surface area contributed by atoms with E-state index in [0.717, 1.165) is 5.56 Å². The van der Waals surface area contributed by atoms with E-state index in [0.29, 0.717) is 59.1 Å². The second kappa shape index (κ2) is 12.3. The predicted octanol–water partition coefficient (Wildman–Crippen LogP) is 6.70. The van der Waals surface area contributed by atoms with E-state index >= 15 is 0 Å². The summed E-state index contributed by atoms with van der Waals surface area (Å²) in [5, 5.41) is 11.5. The van der Waals surface area contributed by atoms with Gasteiger partial charge in [-0.2, -0.15) is 0 Å². The van der Waals surface area contributed by atoms with Crippen LogP contribution in [0.5, 0.6) is 17.2 Å². The molecule has 1 aliphatic rings. The van der Waals surface area contributed by atoms with Crippen LogP contribution in [0.1, 0.15) is 50.4 Å². The molecule has 3 aromatic rings. The molecule has 0 bridgehead atoms. The van der Waals surface area contributed by atoms with Gasteiger partial charge in [0.15, 0.2) is 0 Å². The lowest BCUT2D eigenvalue weighted by Crippen LogP contribution is -2.29. The number of carbonyl (C=O) groups is 2. The number of anilines is 1. The summed E-state index contributed by atoms with van der Waals surface area (Å²) >= 11 is 0. The van der Waals surface area contributed by atoms with Crippen LogP contribution < -0.4 is 19.1 Å². The van der Waals surface area contributed by atoms with E-state index in [1.807, 2.05) is 13.0 Å². The van der Waals surface area contributed by atoms with Crippen molar-refractivity contribution in [1.29, 1.82) is 0 Å². The molecular formula is C33H37NO6. The van der Waals surface area contributed by atoms with Crippen molar-refractivity contribution in [3.05, 3.63) is 89.0 Å². The number of aryl methyl sites for hydroxylation is 1. The van der Waals surface area contributed by atoms with Crippen molar-refractivity contribution in [1.82, 2.24) is 0 Å². The Bertz CT molecular complexity index is 1410. The van der Waals surface area contributed by atoms with Crippen molar-refractivity contribution in [2.75, 3.05) is 25.2 Å². The number of benzene rings is 3. The molecule has 1 atom stereocenters. The Labute approximate surface area is 236 Å². The Balaban J connectivity index is 1.80. The van der Waals surface area contributed by atoms with Crippen molar-refractivity contribution in [2.45, 2.75) is 40.7 Å². The Morgan fingerprint density at radius 2 is 1.55 bits per heavy atom. The number of Topliss-reactive ketones (excluding diaryl/α,β-unsaturated/α-hetero) is 1. The zero-order valence-electron chi connectivity index (χ0n) is 23.9. The number of rotatable bonds is 10. The maximum absolute atomic E-state index is 13.5. The Kier molecular flexibility index (Phi) is 8.83. The molecule has 1 unspecified atom stereocenters. The van der Waals surface area contributed by atoms with E-state index in [9.17, 15) is 14.7 Å². The number of nitrogens with zero attached hydrogens (tertiary/aromatic N) is 1. The predicted molar refractivity (Wildman–Crippen MR) is 156 cm³/mol. The number of ether oxygens (including phenoxy) is 3. The minimum atomic E-state index is -0.866. The van der Waals surface area contributed by atoms with Crippen molar-refractivity contribution < 1.29 is 28.9 Å². The highest BCUT2D eigenvalue weighted by atomic mass is 16.5. The number of aliphatic hydroxyl groups is 1. The largest absolute Gasteiger partial charge is 0.507 e. The summed E-state index contributed by atoms with van der Waals surface area (Å²) in [7, 11) is 1.55. The molecule has 1 saturated heterocycles. The second-order valence-electron chi connectivity index (χ2n) is 10.8. The molecule has 3 aromatic carbocycles. The van der Waals surface area contributed by atoms with Crippen molar-refractivity contribution >= 4 is 23.1 Å². The van der Waals surface area contributed by atoms with Crippen LogP contribution >= 0.6 is 0 Å². The van der Waals surface area contributed by atoms with Gasteiger partial charge in [-0.3, -0.25) is 14.5 Å². The van der Waals surface area contributed by atoms with E-state index in [2.05, 4.69) is 27.7 Å². The zero-order chi connectivity index (χ0) is 29.0. The van der Waals surface area contributed by atoms with Gasteiger partial charge in [-0.1, -0.05) is 39.8 Å². The van der Waals surface area contributed by atoms with Gasteiger partial charge in [0.1, 0.15) is 23.0 Å². The molecule has 4 rings (SSSR count). The van der Waals surface area contributed by atoms with Gasteiger partial charge in [-0.15, -0.1) is 0 Å². The van der Waals surface area contributed by atoms with Crippen LogP contribution in [0.4, 0.5) is 5.69 Å². The summed E-state index contributed by atoms with van der Waals surface area (Å²) < 4.78 is 17.1. The Morgan fingerprint density at radius 1 is 0.875 bits per heavy atom. The van der Waals surface area contributed by atoms with Crippen molar-refractivity contribution in [3.63, 3.8) is 0 Å². The van der Waals surface area contributed by atoms with Gasteiger partial charge in [-0.25, -0.2) is 0 Å². The quantitative estimate of drug-likeness (QED) is 0.174. The van der Waals surface area contributed by atoms with Gasteiger partial charge in [0, 0.05) is 11.3 Å². The minimum Gasteiger partial charge on any atom is -0.507 e. The lowest BCUT2D eigenvalue weighted by Gasteiger charge is -2.26. The maximum atomic E-state index is 13.5. The summed E-state index contributed by atoms with van der Waals surface area (Å²) in [6, 6.07) is 18.6. The summed E-state index contributed by atoms with van der Waals surface area (Å²) in [5.74, 6) is 0.943. The third kappa shape index (κ3) is 6.14. The van der Waals surface area contributed by atoms with E-state index in [4.69, 9.17) is 14.2 Å². The molecule has 0 radical (unpaired) electrons. The third-order valence-electron chi connectivity index (χ3n) is 6.57. The number of ketones is 1. The first-order valence-corrected chi connectivity index (χ1v) is 13.5. The van der Waals surface area contributed by atoms with Gasteiger partial charge in [0.25, 0.3) is 11.7 Å². The highest BCUT2D eigenvalue weighted by molar-refractivity contribution is 6.51. The summed E-state index contributed by atoms with van der Waals surface area (Å²) in [4.78, 5) is 28.5. The van der Waals surface area contributed by atoms with Gasteiger partial charge in [-0.05, 0) is 84.5 Å². The number of hydrogen-bond acceptors (Lipinski definition) is 6. The molecular weight excluding hydrogens is 506 g/mol. The topological polar surface area (TPSA) is 85.3 Å². The molecule has 1 fully saturated rings. The van der Waals surface area contributed by atoms with Crippen molar-refractivity contribution in [3.8, 4) is 17.2 Å². The third-order valence-corrected chi connectivity index (χ3v) is 6.57. The highest BCUT2D eigenvalue weighted by Crippen LogP contribution is 2.43. The standard InChI is InChI=1S/C33H37NO6/c1-20(2)18-39-26-13-11-25(12-14-26)34-30(23-8-7-9-27(17-23)38-6)29(32(36)33(34)37)31(35)24-10-15-28(22(5)16-24)40-19-21(3)4/h7-17,20-21,30,35H,18-19H2,1-6H3/b31-29-. The average Bonchev–Trinajstić information content (AvgIpc) is 3.21. The molecule has 210 valence electrons. The summed E-state index contributed by atoms with van der Waals surface area (Å²) in [6.45, 7) is 11.3. The molecule has 7 nitrogen and oxygen atoms in total. The first-order chi connectivity index (χ1) is 19.1. The lowest BCUT2D eigenvalue weighted by molar-refractivity contribution is -0.132. The SMILES string of the molecule is COc1cccc(C2/C(=C(/O)c3ccc(OCC(C)C)c(C)c3)C(=O)C(=O)N2c2ccc(OCC(C)C)cc2)c1. The van der Waals surface area contributed by atoms with E-state index in [-0.39, 0.29) is 11.3 Å². The number of amides is 1. The molecule has 0 aromatic heterocycles. The smallest absolute Gasteiger partial charge is 0.300 e. The molecule has 1 N–H and O–H groups in total. The van der Waals surface area contributed by atoms with Crippen LogP contribution in [0.3, 0.4) is 0 Å². The van der Waals surface area contributed by atoms with Crippen LogP contribution in [-0.4, -0.2) is 37.1 Å². The normalized spacial score (nSPS) is 16.6. The Hall–Kier alpha value is -4.26. The van der Waals surface area contributed by atoms with Gasteiger partial charge < -0.3 is 19.3 Å². The molecule has 1 aliphatic heterocycles. The lowest BCUT2D eigenvalue weighted by atomic mass is 9.94. The fraction of sp³-hybridized carbons (Fsp3) is 0.333.